The number of pyridine rings is 2. The van der Waals surface area contributed by atoms with Crippen LogP contribution in [0.1, 0.15) is 36.5 Å². The van der Waals surface area contributed by atoms with Crippen molar-refractivity contribution in [1.29, 1.82) is 0 Å². The monoisotopic (exact) mass is 434 g/mol. The van der Waals surface area contributed by atoms with Crippen molar-refractivity contribution < 1.29 is 9.84 Å². The predicted octanol–water partition coefficient (Wildman–Crippen LogP) is 7.00. The lowest BCUT2D eigenvalue weighted by Gasteiger charge is -2.14. The average molecular weight is 435 g/mol. The normalized spacial score (nSPS) is 11.5. The Morgan fingerprint density at radius 1 is 0.848 bits per heavy atom. The van der Waals surface area contributed by atoms with Crippen molar-refractivity contribution in [2.24, 2.45) is 0 Å². The van der Waals surface area contributed by atoms with Gasteiger partial charge in [-0.2, -0.15) is 0 Å². The number of phenols is 1. The number of hydrogen-bond acceptors (Lipinski definition) is 4. The Kier molecular flexibility index (Phi) is 5.76. The van der Waals surface area contributed by atoms with E-state index in [-0.39, 0.29) is 5.75 Å². The van der Waals surface area contributed by atoms with Gasteiger partial charge in [0.2, 0.25) is 0 Å². The van der Waals surface area contributed by atoms with Crippen molar-refractivity contribution in [1.82, 2.24) is 9.97 Å². The maximum atomic E-state index is 11.1. The Balaban J connectivity index is 1.50. The zero-order valence-electron chi connectivity index (χ0n) is 18.8. The van der Waals surface area contributed by atoms with Crippen LogP contribution in [0, 0.1) is 0 Å². The molecule has 5 aromatic rings. The average Bonchev–Trinajstić information content (AvgIpc) is 2.85. The van der Waals surface area contributed by atoms with Crippen molar-refractivity contribution in [2.75, 3.05) is 0 Å². The van der Waals surface area contributed by atoms with Gasteiger partial charge in [-0.05, 0) is 40.1 Å². The maximum absolute atomic E-state index is 11.1. The SMILES string of the molecule is CC(C)c1ccc(COCc2cc(-c3cncc4ccccc34)c(O)c3ncccc23)cc1. The van der Waals surface area contributed by atoms with Crippen LogP contribution < -0.4 is 0 Å². The maximum Gasteiger partial charge on any atom is 0.149 e. The van der Waals surface area contributed by atoms with E-state index in [1.165, 1.54) is 5.56 Å². The lowest BCUT2D eigenvalue weighted by molar-refractivity contribution is 0.108. The van der Waals surface area contributed by atoms with Crippen molar-refractivity contribution in [3.63, 3.8) is 0 Å². The Labute approximate surface area is 193 Å². The lowest BCUT2D eigenvalue weighted by atomic mass is 9.96. The number of hydrogen-bond donors (Lipinski definition) is 1. The fraction of sp³-hybridized carbons (Fsp3) is 0.172. The molecule has 0 atom stereocenters. The van der Waals surface area contributed by atoms with E-state index in [4.69, 9.17) is 4.74 Å². The van der Waals surface area contributed by atoms with Crippen LogP contribution >= 0.6 is 0 Å². The van der Waals surface area contributed by atoms with Gasteiger partial charge in [-0.3, -0.25) is 9.97 Å². The molecule has 4 heteroatoms. The quantitative estimate of drug-likeness (QED) is 0.313. The third kappa shape index (κ3) is 4.18. The number of benzene rings is 3. The van der Waals surface area contributed by atoms with Gasteiger partial charge in [0, 0.05) is 40.5 Å². The first kappa shape index (κ1) is 21.1. The Morgan fingerprint density at radius 3 is 2.45 bits per heavy atom. The summed E-state index contributed by atoms with van der Waals surface area (Å²) in [6.45, 7) is 5.32. The minimum atomic E-state index is 0.164. The standard InChI is InChI=1S/C29H26N2O2/c1-19(2)21-11-9-20(10-12-21)17-33-18-23-14-26(29(32)28-25(23)8-5-13-31-28)27-16-30-15-22-6-3-4-7-24(22)27/h3-16,19,32H,17-18H2,1-2H3. The van der Waals surface area contributed by atoms with Gasteiger partial charge < -0.3 is 9.84 Å². The first-order valence-electron chi connectivity index (χ1n) is 11.2. The largest absolute Gasteiger partial charge is 0.505 e. The summed E-state index contributed by atoms with van der Waals surface area (Å²) in [6, 6.07) is 22.5. The second kappa shape index (κ2) is 9.00. The summed E-state index contributed by atoms with van der Waals surface area (Å²) in [5.74, 6) is 0.676. The van der Waals surface area contributed by atoms with E-state index >= 15 is 0 Å². The summed E-state index contributed by atoms with van der Waals surface area (Å²) in [5.41, 5.74) is 5.61. The smallest absolute Gasteiger partial charge is 0.149 e. The summed E-state index contributed by atoms with van der Waals surface area (Å²) >= 11 is 0. The molecule has 2 aromatic heterocycles. The first-order chi connectivity index (χ1) is 16.1. The molecule has 0 aliphatic carbocycles. The van der Waals surface area contributed by atoms with Crippen molar-refractivity contribution in [2.45, 2.75) is 33.0 Å². The van der Waals surface area contributed by atoms with Crippen LogP contribution in [0.2, 0.25) is 0 Å². The second-order valence-corrected chi connectivity index (χ2v) is 8.63. The lowest BCUT2D eigenvalue weighted by Crippen LogP contribution is -1.98. The molecule has 3 aromatic carbocycles. The van der Waals surface area contributed by atoms with E-state index < -0.39 is 0 Å². The number of phenolic OH excluding ortho intramolecular Hbond substituents is 1. The van der Waals surface area contributed by atoms with E-state index in [1.54, 1.807) is 12.4 Å². The fourth-order valence-corrected chi connectivity index (χ4v) is 4.23. The van der Waals surface area contributed by atoms with Crippen LogP contribution in [0.4, 0.5) is 0 Å². The van der Waals surface area contributed by atoms with Crippen molar-refractivity contribution in [3.8, 4) is 16.9 Å². The van der Waals surface area contributed by atoms with Gasteiger partial charge in [0.15, 0.2) is 0 Å². The predicted molar refractivity (Wildman–Crippen MR) is 133 cm³/mol. The van der Waals surface area contributed by atoms with Crippen LogP contribution in [0.5, 0.6) is 5.75 Å². The summed E-state index contributed by atoms with van der Waals surface area (Å²) in [5, 5.41) is 14.1. The molecule has 0 fully saturated rings. The molecular weight excluding hydrogens is 408 g/mol. The van der Waals surface area contributed by atoms with Crippen LogP contribution in [0.3, 0.4) is 0 Å². The van der Waals surface area contributed by atoms with Crippen LogP contribution in [0.15, 0.2) is 85.3 Å². The van der Waals surface area contributed by atoms with Gasteiger partial charge >= 0.3 is 0 Å². The highest BCUT2D eigenvalue weighted by molar-refractivity contribution is 6.02. The molecular formula is C29H26N2O2. The molecule has 33 heavy (non-hydrogen) atoms. The molecule has 5 rings (SSSR count). The van der Waals surface area contributed by atoms with E-state index in [0.29, 0.717) is 30.2 Å². The molecule has 0 saturated heterocycles. The zero-order valence-corrected chi connectivity index (χ0v) is 18.8. The highest BCUT2D eigenvalue weighted by Gasteiger charge is 2.16. The van der Waals surface area contributed by atoms with Crippen molar-refractivity contribution in [3.05, 3.63) is 102 Å². The Hall–Kier alpha value is -3.76. The molecule has 4 nitrogen and oxygen atoms in total. The number of nitrogens with zero attached hydrogens (tertiary/aromatic N) is 2. The van der Waals surface area contributed by atoms with Gasteiger partial charge in [0.1, 0.15) is 11.3 Å². The van der Waals surface area contributed by atoms with E-state index in [9.17, 15) is 5.11 Å². The molecule has 2 heterocycles. The molecule has 0 bridgehead atoms. The molecule has 0 unspecified atom stereocenters. The third-order valence-corrected chi connectivity index (χ3v) is 6.08. The summed E-state index contributed by atoms with van der Waals surface area (Å²) in [6.07, 6.45) is 5.34. The number of aromatic nitrogens is 2. The fourth-order valence-electron chi connectivity index (χ4n) is 4.23. The number of rotatable bonds is 6. The molecule has 0 aliphatic heterocycles. The first-order valence-corrected chi connectivity index (χ1v) is 11.2. The van der Waals surface area contributed by atoms with Gasteiger partial charge in [0.05, 0.1) is 13.2 Å². The van der Waals surface area contributed by atoms with Crippen molar-refractivity contribution >= 4 is 21.7 Å². The van der Waals surface area contributed by atoms with E-state index in [1.807, 2.05) is 48.7 Å². The van der Waals surface area contributed by atoms with E-state index in [2.05, 4.69) is 48.1 Å². The minimum absolute atomic E-state index is 0.164. The summed E-state index contributed by atoms with van der Waals surface area (Å²) in [4.78, 5) is 8.87. The Morgan fingerprint density at radius 2 is 1.64 bits per heavy atom. The second-order valence-electron chi connectivity index (χ2n) is 8.63. The van der Waals surface area contributed by atoms with Gasteiger partial charge in [0.25, 0.3) is 0 Å². The highest BCUT2D eigenvalue weighted by atomic mass is 16.5. The molecule has 0 spiro atoms. The highest BCUT2D eigenvalue weighted by Crippen LogP contribution is 2.39. The number of aromatic hydroxyl groups is 1. The van der Waals surface area contributed by atoms with Gasteiger partial charge in [-0.1, -0.05) is 68.4 Å². The van der Waals surface area contributed by atoms with E-state index in [0.717, 1.165) is 32.8 Å². The molecule has 0 aliphatic rings. The zero-order chi connectivity index (χ0) is 22.8. The summed E-state index contributed by atoms with van der Waals surface area (Å²) in [7, 11) is 0. The van der Waals surface area contributed by atoms with Crippen LogP contribution in [0.25, 0.3) is 32.8 Å². The third-order valence-electron chi connectivity index (χ3n) is 6.08. The molecule has 1 N–H and O–H groups in total. The number of fused-ring (bicyclic) bond motifs is 2. The Bertz CT molecular complexity index is 1420. The number of ether oxygens (including phenoxy) is 1. The van der Waals surface area contributed by atoms with Gasteiger partial charge in [-0.15, -0.1) is 0 Å². The minimum Gasteiger partial charge on any atom is -0.505 e. The summed E-state index contributed by atoms with van der Waals surface area (Å²) < 4.78 is 6.11. The van der Waals surface area contributed by atoms with Crippen LogP contribution in [-0.2, 0) is 18.0 Å². The molecule has 164 valence electrons. The van der Waals surface area contributed by atoms with Crippen LogP contribution in [-0.4, -0.2) is 15.1 Å². The molecule has 0 saturated carbocycles. The van der Waals surface area contributed by atoms with Gasteiger partial charge in [-0.25, -0.2) is 0 Å². The molecule has 0 radical (unpaired) electrons. The molecule has 0 amide bonds. The topological polar surface area (TPSA) is 55.2 Å².